The lowest BCUT2D eigenvalue weighted by Gasteiger charge is -2.02. The monoisotopic (exact) mass is 198 g/mol. The van der Waals surface area contributed by atoms with Gasteiger partial charge in [0.05, 0.1) is 5.70 Å². The lowest BCUT2D eigenvalue weighted by atomic mass is 10.1. The predicted molar refractivity (Wildman–Crippen MR) is 63.4 cm³/mol. The molecule has 2 nitrogen and oxygen atoms in total. The summed E-state index contributed by atoms with van der Waals surface area (Å²) in [5, 5.41) is 1.33. The lowest BCUT2D eigenvalue weighted by Crippen LogP contribution is -1.91. The first-order valence-corrected chi connectivity index (χ1v) is 5.33. The van der Waals surface area contributed by atoms with Crippen molar-refractivity contribution in [3.05, 3.63) is 42.2 Å². The first-order valence-electron chi connectivity index (χ1n) is 5.33. The molecule has 0 atom stereocenters. The van der Waals surface area contributed by atoms with Crippen LogP contribution >= 0.6 is 0 Å². The summed E-state index contributed by atoms with van der Waals surface area (Å²) in [4.78, 5) is 2.15. The first-order chi connectivity index (χ1) is 7.29. The third-order valence-corrected chi connectivity index (χ3v) is 3.04. The third kappa shape index (κ3) is 1.25. The molecule has 2 heteroatoms. The van der Waals surface area contributed by atoms with Crippen molar-refractivity contribution in [2.45, 2.75) is 13.5 Å². The third-order valence-electron chi connectivity index (χ3n) is 3.04. The van der Waals surface area contributed by atoms with Gasteiger partial charge in [-0.15, -0.1) is 0 Å². The van der Waals surface area contributed by atoms with Crippen molar-refractivity contribution in [2.75, 3.05) is 7.05 Å². The van der Waals surface area contributed by atoms with Crippen LogP contribution in [0.15, 0.2) is 36.7 Å². The van der Waals surface area contributed by atoms with E-state index in [0.717, 1.165) is 6.54 Å². The average molecular weight is 198 g/mol. The number of hydrogen-bond acceptors (Lipinski definition) is 1. The van der Waals surface area contributed by atoms with Crippen molar-refractivity contribution in [2.24, 2.45) is 0 Å². The minimum absolute atomic E-state index is 1.03. The second kappa shape index (κ2) is 2.89. The number of rotatable bonds is 2. The van der Waals surface area contributed by atoms with E-state index >= 15 is 0 Å². The largest absolute Gasteiger partial charge is 0.348 e. The molecule has 0 saturated carbocycles. The minimum Gasteiger partial charge on any atom is -0.348 e. The highest BCUT2D eigenvalue weighted by Gasteiger charge is 2.17. The molecule has 0 aliphatic carbocycles. The van der Waals surface area contributed by atoms with Crippen LogP contribution in [0.1, 0.15) is 12.5 Å². The fourth-order valence-electron chi connectivity index (χ4n) is 2.07. The Bertz CT molecular complexity index is 549. The van der Waals surface area contributed by atoms with Crippen LogP contribution in [0, 0.1) is 0 Å². The minimum atomic E-state index is 1.03. The Morgan fingerprint density at radius 1 is 1.20 bits per heavy atom. The molecule has 0 bridgehead atoms. The average Bonchev–Trinajstić information content (AvgIpc) is 2.85. The van der Waals surface area contributed by atoms with Gasteiger partial charge < -0.3 is 9.47 Å². The number of aryl methyl sites for hydroxylation is 1. The molecule has 3 rings (SSSR count). The summed E-state index contributed by atoms with van der Waals surface area (Å²) in [7, 11) is 2.08. The number of hydrogen-bond donors (Lipinski definition) is 0. The van der Waals surface area contributed by atoms with E-state index in [2.05, 4.69) is 60.1 Å². The Labute approximate surface area is 89.4 Å². The standard InChI is InChI=1S/C13H14N2/c1-3-15-7-6-11-8-10(4-5-12(11)15)13-9-14(13)2/h4-9H,3H2,1-2H3. The summed E-state index contributed by atoms with van der Waals surface area (Å²) in [6, 6.07) is 8.85. The van der Waals surface area contributed by atoms with Gasteiger partial charge >= 0.3 is 0 Å². The second-order valence-corrected chi connectivity index (χ2v) is 4.00. The van der Waals surface area contributed by atoms with Crippen LogP contribution in [0.5, 0.6) is 0 Å². The molecular formula is C13H14N2. The number of aromatic nitrogens is 1. The molecule has 0 saturated heterocycles. The normalized spacial score (nSPS) is 14.5. The van der Waals surface area contributed by atoms with Gasteiger partial charge in [-0.3, -0.25) is 0 Å². The highest BCUT2D eigenvalue weighted by Crippen LogP contribution is 2.31. The van der Waals surface area contributed by atoms with Gasteiger partial charge in [0.15, 0.2) is 0 Å². The molecule has 0 N–H and O–H groups in total. The molecule has 2 heterocycles. The summed E-state index contributed by atoms with van der Waals surface area (Å²) in [5.41, 5.74) is 3.98. The van der Waals surface area contributed by atoms with Gasteiger partial charge in [0, 0.05) is 42.5 Å². The van der Waals surface area contributed by atoms with Crippen LogP contribution in [0.25, 0.3) is 16.6 Å². The van der Waals surface area contributed by atoms with Crippen molar-refractivity contribution >= 4 is 16.6 Å². The van der Waals surface area contributed by atoms with Crippen LogP contribution in [0.3, 0.4) is 0 Å². The number of nitrogens with zero attached hydrogens (tertiary/aromatic N) is 2. The smallest absolute Gasteiger partial charge is 0.0643 e. The van der Waals surface area contributed by atoms with Crippen LogP contribution in [0.4, 0.5) is 0 Å². The van der Waals surface area contributed by atoms with E-state index in [4.69, 9.17) is 0 Å². The fourth-order valence-corrected chi connectivity index (χ4v) is 2.07. The molecule has 0 unspecified atom stereocenters. The Morgan fingerprint density at radius 3 is 2.67 bits per heavy atom. The van der Waals surface area contributed by atoms with Crippen LogP contribution < -0.4 is 0 Å². The molecule has 0 radical (unpaired) electrons. The summed E-state index contributed by atoms with van der Waals surface area (Å²) in [5.74, 6) is 0. The van der Waals surface area contributed by atoms with Crippen molar-refractivity contribution in [3.63, 3.8) is 0 Å². The highest BCUT2D eigenvalue weighted by molar-refractivity contribution is 5.86. The summed E-state index contributed by atoms with van der Waals surface area (Å²) in [6.07, 6.45) is 4.30. The first kappa shape index (κ1) is 8.60. The molecule has 2 aromatic rings. The molecule has 1 aromatic carbocycles. The summed E-state index contributed by atoms with van der Waals surface area (Å²) >= 11 is 0. The van der Waals surface area contributed by atoms with Gasteiger partial charge in [-0.1, -0.05) is 6.07 Å². The van der Waals surface area contributed by atoms with Gasteiger partial charge in [-0.2, -0.15) is 0 Å². The molecule has 0 amide bonds. The van der Waals surface area contributed by atoms with E-state index in [-0.39, 0.29) is 0 Å². The zero-order valence-corrected chi connectivity index (χ0v) is 9.07. The molecule has 15 heavy (non-hydrogen) atoms. The van der Waals surface area contributed by atoms with E-state index in [1.165, 1.54) is 22.2 Å². The molecule has 0 spiro atoms. The quantitative estimate of drug-likeness (QED) is 0.720. The van der Waals surface area contributed by atoms with Crippen LogP contribution in [-0.4, -0.2) is 16.5 Å². The molecule has 1 aliphatic heterocycles. The van der Waals surface area contributed by atoms with Gasteiger partial charge in [0.25, 0.3) is 0 Å². The zero-order valence-electron chi connectivity index (χ0n) is 9.07. The molecular weight excluding hydrogens is 184 g/mol. The Morgan fingerprint density at radius 2 is 2.00 bits per heavy atom. The van der Waals surface area contributed by atoms with Gasteiger partial charge in [-0.05, 0) is 25.1 Å². The van der Waals surface area contributed by atoms with E-state index in [0.29, 0.717) is 0 Å². The topological polar surface area (TPSA) is 7.94 Å². The molecule has 1 aliphatic rings. The SMILES string of the molecule is CCn1ccc2cc(C3=CN3C)ccc21. The van der Waals surface area contributed by atoms with Crippen molar-refractivity contribution in [3.8, 4) is 0 Å². The van der Waals surface area contributed by atoms with Crippen molar-refractivity contribution in [1.82, 2.24) is 9.47 Å². The number of benzene rings is 1. The van der Waals surface area contributed by atoms with E-state index in [1.807, 2.05) is 0 Å². The summed E-state index contributed by atoms with van der Waals surface area (Å²) < 4.78 is 2.27. The Kier molecular flexibility index (Phi) is 1.66. The van der Waals surface area contributed by atoms with Crippen molar-refractivity contribution < 1.29 is 0 Å². The van der Waals surface area contributed by atoms with Gasteiger partial charge in [0.2, 0.25) is 0 Å². The number of fused-ring (bicyclic) bond motifs is 1. The van der Waals surface area contributed by atoms with Gasteiger partial charge in [-0.25, -0.2) is 0 Å². The molecule has 0 fully saturated rings. The van der Waals surface area contributed by atoms with E-state index in [1.54, 1.807) is 0 Å². The van der Waals surface area contributed by atoms with E-state index < -0.39 is 0 Å². The molecule has 76 valence electrons. The van der Waals surface area contributed by atoms with Crippen molar-refractivity contribution in [1.29, 1.82) is 0 Å². The second-order valence-electron chi connectivity index (χ2n) is 4.00. The Hall–Kier alpha value is -1.70. The van der Waals surface area contributed by atoms with Gasteiger partial charge in [0.1, 0.15) is 0 Å². The van der Waals surface area contributed by atoms with Crippen LogP contribution in [-0.2, 0) is 6.54 Å². The maximum Gasteiger partial charge on any atom is 0.0643 e. The zero-order chi connectivity index (χ0) is 10.4. The maximum absolute atomic E-state index is 2.27. The fraction of sp³-hybridized carbons (Fsp3) is 0.231. The van der Waals surface area contributed by atoms with E-state index in [9.17, 15) is 0 Å². The maximum atomic E-state index is 2.27. The summed E-state index contributed by atoms with van der Waals surface area (Å²) in [6.45, 7) is 3.20. The molecule has 1 aromatic heterocycles. The predicted octanol–water partition coefficient (Wildman–Crippen LogP) is 2.91. The Balaban J connectivity index is 2.11. The van der Waals surface area contributed by atoms with Crippen LogP contribution in [0.2, 0.25) is 0 Å². The lowest BCUT2D eigenvalue weighted by molar-refractivity contribution is 0.777. The highest BCUT2D eigenvalue weighted by atomic mass is 15.2.